The van der Waals surface area contributed by atoms with Gasteiger partial charge in [-0.2, -0.15) is 10.2 Å². The van der Waals surface area contributed by atoms with Gasteiger partial charge in [0.25, 0.3) is 0 Å². The van der Waals surface area contributed by atoms with E-state index in [1.807, 2.05) is 37.3 Å². The van der Waals surface area contributed by atoms with E-state index in [0.29, 0.717) is 17.4 Å². The molecule has 23 heavy (non-hydrogen) atoms. The third-order valence-electron chi connectivity index (χ3n) is 3.15. The molecule has 3 aromatic rings. The van der Waals surface area contributed by atoms with Crippen molar-refractivity contribution in [3.8, 4) is 17.7 Å². The summed E-state index contributed by atoms with van der Waals surface area (Å²) < 4.78 is 5.79. The molecule has 1 aromatic heterocycles. The molecule has 0 radical (unpaired) electrons. The number of aryl methyl sites for hydroxylation is 1. The van der Waals surface area contributed by atoms with E-state index in [4.69, 9.17) is 10.00 Å². The summed E-state index contributed by atoms with van der Waals surface area (Å²) in [7, 11) is 0. The van der Waals surface area contributed by atoms with Crippen LogP contribution < -0.4 is 10.1 Å². The second-order valence-electron chi connectivity index (χ2n) is 4.91. The van der Waals surface area contributed by atoms with Gasteiger partial charge in [0.05, 0.1) is 11.6 Å². The fraction of sp³-hybridized carbons (Fsp3) is 0.0556. The molecule has 0 fully saturated rings. The molecule has 5 heteroatoms. The fourth-order valence-corrected chi connectivity index (χ4v) is 1.95. The predicted molar refractivity (Wildman–Crippen MR) is 87.7 cm³/mol. The Morgan fingerprint density at radius 2 is 1.78 bits per heavy atom. The van der Waals surface area contributed by atoms with Crippen LogP contribution in [0.15, 0.2) is 60.8 Å². The molecule has 3 rings (SSSR count). The van der Waals surface area contributed by atoms with Crippen molar-refractivity contribution in [3.63, 3.8) is 0 Å². The molecular formula is C18H14N4O. The lowest BCUT2D eigenvalue weighted by Gasteiger charge is -2.10. The molecule has 1 heterocycles. The minimum atomic E-state index is 0.436. The maximum absolute atomic E-state index is 8.81. The van der Waals surface area contributed by atoms with E-state index < -0.39 is 0 Å². The topological polar surface area (TPSA) is 70.8 Å². The molecule has 0 spiro atoms. The Bertz CT molecular complexity index is 839. The van der Waals surface area contributed by atoms with Crippen molar-refractivity contribution in [2.24, 2.45) is 0 Å². The van der Waals surface area contributed by atoms with Gasteiger partial charge < -0.3 is 10.1 Å². The second-order valence-corrected chi connectivity index (χ2v) is 4.91. The van der Waals surface area contributed by atoms with Crippen LogP contribution in [0.25, 0.3) is 0 Å². The summed E-state index contributed by atoms with van der Waals surface area (Å²) in [5, 5.41) is 11.9. The molecule has 0 amide bonds. The van der Waals surface area contributed by atoms with Crippen LogP contribution in [0.2, 0.25) is 0 Å². The number of anilines is 2. The fourth-order valence-electron chi connectivity index (χ4n) is 1.95. The highest BCUT2D eigenvalue weighted by atomic mass is 16.5. The van der Waals surface area contributed by atoms with Gasteiger partial charge in [0, 0.05) is 17.4 Å². The Labute approximate surface area is 134 Å². The normalized spacial score (nSPS) is 9.91. The lowest BCUT2D eigenvalue weighted by molar-refractivity contribution is 0.458. The zero-order chi connectivity index (χ0) is 16.1. The minimum Gasteiger partial charge on any atom is -0.439 e. The Hall–Kier alpha value is -3.39. The first kappa shape index (κ1) is 14.5. The van der Waals surface area contributed by atoms with E-state index in [2.05, 4.69) is 21.4 Å². The Morgan fingerprint density at radius 3 is 2.48 bits per heavy atom. The van der Waals surface area contributed by atoms with Crippen molar-refractivity contribution in [3.05, 3.63) is 71.9 Å². The van der Waals surface area contributed by atoms with E-state index in [9.17, 15) is 0 Å². The monoisotopic (exact) mass is 302 g/mol. The van der Waals surface area contributed by atoms with E-state index >= 15 is 0 Å². The maximum atomic E-state index is 8.81. The highest BCUT2D eigenvalue weighted by Crippen LogP contribution is 2.24. The number of nitrogens with one attached hydrogen (secondary N) is 1. The zero-order valence-corrected chi connectivity index (χ0v) is 12.5. The van der Waals surface area contributed by atoms with Crippen molar-refractivity contribution in [1.29, 1.82) is 5.26 Å². The molecule has 112 valence electrons. The van der Waals surface area contributed by atoms with Gasteiger partial charge in [-0.3, -0.25) is 0 Å². The SMILES string of the molecule is Cc1cnc(Nc2ccc(C#N)cc2)nc1Oc1ccccc1. The molecular weight excluding hydrogens is 288 g/mol. The highest BCUT2D eigenvalue weighted by molar-refractivity contribution is 5.55. The van der Waals surface area contributed by atoms with Crippen LogP contribution >= 0.6 is 0 Å². The Balaban J connectivity index is 1.80. The standard InChI is InChI=1S/C18H14N4O/c1-13-12-20-18(21-15-9-7-14(11-19)8-10-15)22-17(13)23-16-5-3-2-4-6-16/h2-10,12H,1H3,(H,20,21,22). The first-order chi connectivity index (χ1) is 11.2. The maximum Gasteiger partial charge on any atom is 0.230 e. The summed E-state index contributed by atoms with van der Waals surface area (Å²) in [6.45, 7) is 1.89. The first-order valence-electron chi connectivity index (χ1n) is 7.08. The molecule has 0 unspecified atom stereocenters. The number of hydrogen-bond donors (Lipinski definition) is 1. The van der Waals surface area contributed by atoms with Crippen LogP contribution in [0.1, 0.15) is 11.1 Å². The third-order valence-corrected chi connectivity index (χ3v) is 3.15. The first-order valence-corrected chi connectivity index (χ1v) is 7.08. The van der Waals surface area contributed by atoms with E-state index in [-0.39, 0.29) is 0 Å². The van der Waals surface area contributed by atoms with Gasteiger partial charge in [-0.25, -0.2) is 4.98 Å². The lowest BCUT2D eigenvalue weighted by atomic mass is 10.2. The van der Waals surface area contributed by atoms with Crippen LogP contribution in [0.5, 0.6) is 11.6 Å². The van der Waals surface area contributed by atoms with Crippen molar-refractivity contribution in [1.82, 2.24) is 9.97 Å². The summed E-state index contributed by atoms with van der Waals surface area (Å²) in [6.07, 6.45) is 1.71. The van der Waals surface area contributed by atoms with Crippen molar-refractivity contribution in [2.45, 2.75) is 6.92 Å². The molecule has 0 saturated carbocycles. The van der Waals surface area contributed by atoms with Crippen LogP contribution in [-0.4, -0.2) is 9.97 Å². The van der Waals surface area contributed by atoms with E-state index in [1.54, 1.807) is 30.5 Å². The third kappa shape index (κ3) is 3.63. The average Bonchev–Trinajstić information content (AvgIpc) is 2.59. The van der Waals surface area contributed by atoms with Crippen LogP contribution in [0.4, 0.5) is 11.6 Å². The van der Waals surface area contributed by atoms with Gasteiger partial charge in [-0.1, -0.05) is 18.2 Å². The molecule has 2 aromatic carbocycles. The molecule has 1 N–H and O–H groups in total. The molecule has 0 bridgehead atoms. The summed E-state index contributed by atoms with van der Waals surface area (Å²) in [5.74, 6) is 1.66. The van der Waals surface area contributed by atoms with E-state index in [0.717, 1.165) is 17.0 Å². The molecule has 0 aliphatic heterocycles. The number of benzene rings is 2. The number of aromatic nitrogens is 2. The molecule has 0 aliphatic rings. The molecule has 0 atom stereocenters. The van der Waals surface area contributed by atoms with Crippen molar-refractivity contribution < 1.29 is 4.74 Å². The second kappa shape index (κ2) is 6.58. The quantitative estimate of drug-likeness (QED) is 0.782. The van der Waals surface area contributed by atoms with Gasteiger partial charge in [0.2, 0.25) is 11.8 Å². The van der Waals surface area contributed by atoms with Gasteiger partial charge in [0.1, 0.15) is 5.75 Å². The molecule has 0 saturated heterocycles. The lowest BCUT2D eigenvalue weighted by Crippen LogP contribution is -2.00. The number of nitrogens with zero attached hydrogens (tertiary/aromatic N) is 3. The summed E-state index contributed by atoms with van der Waals surface area (Å²) in [5.41, 5.74) is 2.26. The Morgan fingerprint density at radius 1 is 1.04 bits per heavy atom. The highest BCUT2D eigenvalue weighted by Gasteiger charge is 2.07. The summed E-state index contributed by atoms with van der Waals surface area (Å²) in [4.78, 5) is 8.65. The summed E-state index contributed by atoms with van der Waals surface area (Å²) >= 11 is 0. The van der Waals surface area contributed by atoms with Gasteiger partial charge in [0.15, 0.2) is 0 Å². The number of para-hydroxylation sites is 1. The summed E-state index contributed by atoms with van der Waals surface area (Å²) in [6, 6.07) is 18.6. The van der Waals surface area contributed by atoms with Crippen LogP contribution in [0, 0.1) is 18.3 Å². The van der Waals surface area contributed by atoms with Gasteiger partial charge in [-0.15, -0.1) is 0 Å². The van der Waals surface area contributed by atoms with Crippen LogP contribution in [0.3, 0.4) is 0 Å². The van der Waals surface area contributed by atoms with Gasteiger partial charge >= 0.3 is 0 Å². The average molecular weight is 302 g/mol. The number of nitriles is 1. The molecule has 5 nitrogen and oxygen atoms in total. The predicted octanol–water partition coefficient (Wildman–Crippen LogP) is 4.19. The number of ether oxygens (including phenoxy) is 1. The largest absolute Gasteiger partial charge is 0.439 e. The van der Waals surface area contributed by atoms with Crippen molar-refractivity contribution >= 4 is 11.6 Å². The minimum absolute atomic E-state index is 0.436. The van der Waals surface area contributed by atoms with Crippen molar-refractivity contribution in [2.75, 3.05) is 5.32 Å². The van der Waals surface area contributed by atoms with E-state index in [1.165, 1.54) is 0 Å². The van der Waals surface area contributed by atoms with Gasteiger partial charge in [-0.05, 0) is 43.3 Å². The zero-order valence-electron chi connectivity index (χ0n) is 12.5. The van der Waals surface area contributed by atoms with Crippen LogP contribution in [-0.2, 0) is 0 Å². The number of rotatable bonds is 4. The number of hydrogen-bond acceptors (Lipinski definition) is 5. The Kier molecular flexibility index (Phi) is 4.16. The smallest absolute Gasteiger partial charge is 0.230 e. The molecule has 0 aliphatic carbocycles.